The zero-order chi connectivity index (χ0) is 9.57. The Balaban J connectivity index is 2.75. The first-order valence-electron chi connectivity index (χ1n) is 5.35. The lowest BCUT2D eigenvalue weighted by atomic mass is 9.45. The zero-order valence-corrected chi connectivity index (χ0v) is 9.57. The average Bonchev–Trinajstić information content (AvgIpc) is 2.03. The Morgan fingerprint density at radius 3 is 2.08 bits per heavy atom. The van der Waals surface area contributed by atoms with Crippen molar-refractivity contribution < 1.29 is 0 Å². The second-order valence-electron chi connectivity index (χ2n) is 5.62. The van der Waals surface area contributed by atoms with Crippen LogP contribution in [0.5, 0.6) is 0 Å². The van der Waals surface area contributed by atoms with Crippen molar-refractivity contribution in [3.05, 3.63) is 0 Å². The third-order valence-electron chi connectivity index (χ3n) is 5.03. The van der Waals surface area contributed by atoms with Crippen LogP contribution in [0.4, 0.5) is 0 Å². The van der Waals surface area contributed by atoms with Gasteiger partial charge in [-0.2, -0.15) is 0 Å². The van der Waals surface area contributed by atoms with E-state index in [0.717, 1.165) is 11.8 Å². The summed E-state index contributed by atoms with van der Waals surface area (Å²) in [5, 5.41) is 0. The SMILES string of the molecule is CCC(C)(C)C1(C)CC(C)C1C. The summed E-state index contributed by atoms with van der Waals surface area (Å²) in [7, 11) is 0. The van der Waals surface area contributed by atoms with Crippen molar-refractivity contribution >= 4 is 0 Å². The molecule has 0 aromatic carbocycles. The fourth-order valence-corrected chi connectivity index (χ4v) is 2.80. The van der Waals surface area contributed by atoms with E-state index in [1.54, 1.807) is 0 Å². The molecule has 1 rings (SSSR count). The van der Waals surface area contributed by atoms with Gasteiger partial charge in [-0.1, -0.05) is 48.0 Å². The molecule has 0 nitrogen and oxygen atoms in total. The molecule has 0 spiro atoms. The quantitative estimate of drug-likeness (QED) is 0.582. The molecule has 0 bridgehead atoms. The molecule has 0 heterocycles. The summed E-state index contributed by atoms with van der Waals surface area (Å²) in [4.78, 5) is 0. The van der Waals surface area contributed by atoms with Gasteiger partial charge in [-0.3, -0.25) is 0 Å². The van der Waals surface area contributed by atoms with E-state index < -0.39 is 0 Å². The fraction of sp³-hybridized carbons (Fsp3) is 1.00. The van der Waals surface area contributed by atoms with E-state index in [9.17, 15) is 0 Å². The van der Waals surface area contributed by atoms with Gasteiger partial charge in [0.05, 0.1) is 0 Å². The Kier molecular flexibility index (Phi) is 2.31. The molecule has 0 heteroatoms. The van der Waals surface area contributed by atoms with Crippen LogP contribution in [0.2, 0.25) is 0 Å². The summed E-state index contributed by atoms with van der Waals surface area (Å²) in [6.07, 6.45) is 2.73. The summed E-state index contributed by atoms with van der Waals surface area (Å²) < 4.78 is 0. The minimum atomic E-state index is 0.527. The van der Waals surface area contributed by atoms with Crippen LogP contribution in [0, 0.1) is 22.7 Å². The standard InChI is InChI=1S/C12H24/c1-7-11(4,5)12(6)8-9(2)10(12)3/h9-10H,7-8H2,1-6H3. The van der Waals surface area contributed by atoms with Gasteiger partial charge in [0.2, 0.25) is 0 Å². The van der Waals surface area contributed by atoms with Crippen LogP contribution in [0.15, 0.2) is 0 Å². The number of hydrogen-bond donors (Lipinski definition) is 0. The highest BCUT2D eigenvalue weighted by Crippen LogP contribution is 2.61. The average molecular weight is 168 g/mol. The molecule has 1 aliphatic carbocycles. The van der Waals surface area contributed by atoms with Gasteiger partial charge in [0.1, 0.15) is 0 Å². The topological polar surface area (TPSA) is 0 Å². The summed E-state index contributed by atoms with van der Waals surface area (Å²) in [5.74, 6) is 1.85. The molecule has 72 valence electrons. The van der Waals surface area contributed by atoms with Crippen molar-refractivity contribution in [3.63, 3.8) is 0 Å². The first-order chi connectivity index (χ1) is 5.35. The maximum atomic E-state index is 2.47. The van der Waals surface area contributed by atoms with Gasteiger partial charge in [-0.05, 0) is 29.1 Å². The first kappa shape index (κ1) is 10.1. The molecule has 1 aliphatic rings. The van der Waals surface area contributed by atoms with E-state index >= 15 is 0 Å². The number of rotatable bonds is 2. The highest BCUT2D eigenvalue weighted by molar-refractivity contribution is 5.02. The molecule has 0 aliphatic heterocycles. The zero-order valence-electron chi connectivity index (χ0n) is 9.57. The summed E-state index contributed by atoms with van der Waals surface area (Å²) in [6, 6.07) is 0. The smallest absolute Gasteiger partial charge is 0.0244 e. The van der Waals surface area contributed by atoms with Gasteiger partial charge < -0.3 is 0 Å². The van der Waals surface area contributed by atoms with Gasteiger partial charge >= 0.3 is 0 Å². The van der Waals surface area contributed by atoms with Crippen LogP contribution in [-0.4, -0.2) is 0 Å². The molecular weight excluding hydrogens is 144 g/mol. The lowest BCUT2D eigenvalue weighted by molar-refractivity contribution is -0.103. The third kappa shape index (κ3) is 1.11. The largest absolute Gasteiger partial charge is 0.0649 e. The summed E-state index contributed by atoms with van der Waals surface area (Å²) in [6.45, 7) is 14.5. The maximum absolute atomic E-state index is 2.47. The van der Waals surface area contributed by atoms with Gasteiger partial charge in [-0.15, -0.1) is 0 Å². The maximum Gasteiger partial charge on any atom is -0.0244 e. The molecular formula is C12H24. The molecule has 3 unspecified atom stereocenters. The van der Waals surface area contributed by atoms with Crippen molar-refractivity contribution in [2.24, 2.45) is 22.7 Å². The monoisotopic (exact) mass is 168 g/mol. The number of hydrogen-bond acceptors (Lipinski definition) is 0. The van der Waals surface area contributed by atoms with E-state index in [1.807, 2.05) is 0 Å². The second kappa shape index (κ2) is 2.75. The van der Waals surface area contributed by atoms with Gasteiger partial charge in [0.15, 0.2) is 0 Å². The van der Waals surface area contributed by atoms with Crippen LogP contribution >= 0.6 is 0 Å². The van der Waals surface area contributed by atoms with Crippen molar-refractivity contribution in [2.75, 3.05) is 0 Å². The van der Waals surface area contributed by atoms with E-state index in [4.69, 9.17) is 0 Å². The Morgan fingerprint density at radius 1 is 1.33 bits per heavy atom. The minimum absolute atomic E-state index is 0.527. The summed E-state index contributed by atoms with van der Waals surface area (Å²) >= 11 is 0. The highest BCUT2D eigenvalue weighted by atomic mass is 14.6. The van der Waals surface area contributed by atoms with E-state index in [1.165, 1.54) is 12.8 Å². The van der Waals surface area contributed by atoms with Gasteiger partial charge in [0, 0.05) is 0 Å². The third-order valence-corrected chi connectivity index (χ3v) is 5.03. The highest BCUT2D eigenvalue weighted by Gasteiger charge is 2.53. The molecule has 0 radical (unpaired) electrons. The molecule has 0 amide bonds. The fourth-order valence-electron chi connectivity index (χ4n) is 2.80. The minimum Gasteiger partial charge on any atom is -0.0649 e. The van der Waals surface area contributed by atoms with Crippen molar-refractivity contribution in [2.45, 2.75) is 54.4 Å². The second-order valence-corrected chi connectivity index (χ2v) is 5.62. The normalized spacial score (nSPS) is 42.5. The molecule has 1 fully saturated rings. The molecule has 12 heavy (non-hydrogen) atoms. The lowest BCUT2D eigenvalue weighted by Crippen LogP contribution is -2.52. The molecule has 0 aromatic rings. The van der Waals surface area contributed by atoms with Crippen LogP contribution in [0.1, 0.15) is 54.4 Å². The van der Waals surface area contributed by atoms with E-state index in [2.05, 4.69) is 41.5 Å². The Labute approximate surface area is 77.7 Å². The lowest BCUT2D eigenvalue weighted by Gasteiger charge is -2.59. The molecule has 0 saturated heterocycles. The Bertz CT molecular complexity index is 169. The molecule has 0 aromatic heterocycles. The van der Waals surface area contributed by atoms with Crippen LogP contribution in [0.25, 0.3) is 0 Å². The molecule has 1 saturated carbocycles. The van der Waals surface area contributed by atoms with Crippen LogP contribution in [-0.2, 0) is 0 Å². The van der Waals surface area contributed by atoms with Crippen molar-refractivity contribution in [3.8, 4) is 0 Å². The predicted octanol–water partition coefficient (Wildman–Crippen LogP) is 4.10. The first-order valence-corrected chi connectivity index (χ1v) is 5.35. The Morgan fingerprint density at radius 2 is 1.83 bits per heavy atom. The van der Waals surface area contributed by atoms with Gasteiger partial charge in [-0.25, -0.2) is 0 Å². The van der Waals surface area contributed by atoms with E-state index in [0.29, 0.717) is 10.8 Å². The van der Waals surface area contributed by atoms with Crippen LogP contribution < -0.4 is 0 Å². The van der Waals surface area contributed by atoms with Crippen molar-refractivity contribution in [1.82, 2.24) is 0 Å². The molecule has 0 N–H and O–H groups in total. The Hall–Kier alpha value is 0. The van der Waals surface area contributed by atoms with E-state index in [-0.39, 0.29) is 0 Å². The van der Waals surface area contributed by atoms with Crippen LogP contribution in [0.3, 0.4) is 0 Å². The van der Waals surface area contributed by atoms with Gasteiger partial charge in [0.25, 0.3) is 0 Å². The molecule has 3 atom stereocenters. The predicted molar refractivity (Wildman–Crippen MR) is 55.1 cm³/mol. The summed E-state index contributed by atoms with van der Waals surface area (Å²) in [5.41, 5.74) is 1.13. The van der Waals surface area contributed by atoms with Crippen molar-refractivity contribution in [1.29, 1.82) is 0 Å².